The molecule has 0 aliphatic carbocycles. The molecule has 0 unspecified atom stereocenters. The topological polar surface area (TPSA) is 99.1 Å². The number of carbonyl (C=O) groups is 1. The van der Waals surface area contributed by atoms with Gasteiger partial charge in [0.25, 0.3) is 0 Å². The summed E-state index contributed by atoms with van der Waals surface area (Å²) in [7, 11) is -0.511. The van der Waals surface area contributed by atoms with Crippen LogP contribution in [0.15, 0.2) is 103 Å². The number of ether oxygens (including phenoxy) is 3. The van der Waals surface area contributed by atoms with Crippen molar-refractivity contribution < 1.29 is 27.4 Å². The summed E-state index contributed by atoms with van der Waals surface area (Å²) in [6.45, 7) is 2.54. The molecule has 1 saturated heterocycles. The Labute approximate surface area is 311 Å². The van der Waals surface area contributed by atoms with E-state index in [1.54, 1.807) is 31.4 Å². The average molecular weight is 744 g/mol. The lowest BCUT2D eigenvalue weighted by Crippen LogP contribution is -2.39. The molecule has 1 aromatic heterocycles. The number of carbonyl (C=O) groups excluding carboxylic acids is 1. The number of nitrogens with zero attached hydrogens (tertiary/aromatic N) is 2. The second-order valence-corrected chi connectivity index (χ2v) is 15.4. The molecule has 5 aromatic rings. The molecule has 0 saturated carbocycles. The van der Waals surface area contributed by atoms with E-state index in [2.05, 4.69) is 38.5 Å². The van der Waals surface area contributed by atoms with Crippen LogP contribution in [-0.2, 0) is 32.3 Å². The number of aromatic nitrogens is 1. The van der Waals surface area contributed by atoms with E-state index in [1.807, 2.05) is 54.6 Å². The van der Waals surface area contributed by atoms with E-state index in [0.717, 1.165) is 52.7 Å². The molecule has 2 heterocycles. The number of hydrogen-bond acceptors (Lipinski definition) is 7. The van der Waals surface area contributed by atoms with Crippen LogP contribution in [-0.4, -0.2) is 82.7 Å². The van der Waals surface area contributed by atoms with E-state index in [4.69, 9.17) is 25.8 Å². The van der Waals surface area contributed by atoms with E-state index in [0.29, 0.717) is 48.9 Å². The molecule has 274 valence electrons. The highest BCUT2D eigenvalue weighted by molar-refractivity contribution is 7.89. The van der Waals surface area contributed by atoms with Crippen LogP contribution in [0.4, 0.5) is 0 Å². The van der Waals surface area contributed by atoms with Crippen LogP contribution >= 0.6 is 11.6 Å². The van der Waals surface area contributed by atoms with Gasteiger partial charge in [0.15, 0.2) is 0 Å². The number of methoxy groups -OCH3 is 2. The Kier molecular flexibility index (Phi) is 12.7. The molecule has 0 radical (unpaired) electrons. The van der Waals surface area contributed by atoms with Gasteiger partial charge in [0.1, 0.15) is 5.75 Å². The SMILES string of the molecule is COC[C@H]1CCCN1CCS(=O)(=O)NCCc1c(CCOc2ccc(C(=O)OC)cc2)c2cc(Cl)ccc2n1C(c1ccccc1)c1ccccc1. The maximum Gasteiger partial charge on any atom is 0.337 e. The van der Waals surface area contributed by atoms with Gasteiger partial charge in [-0.25, -0.2) is 17.9 Å². The van der Waals surface area contributed by atoms with Gasteiger partial charge in [-0.1, -0.05) is 72.3 Å². The molecule has 0 spiro atoms. The Hall–Kier alpha value is -4.19. The maximum atomic E-state index is 13.4. The standard InChI is InChI=1S/C41H46ClN3O6S/c1-49-29-34-14-9-24-44(34)25-27-52(47,48)43-23-21-39-36(22-26-51-35-18-15-32(16-19-35)41(46)50-2)37-28-33(42)17-20-38(37)45(39)40(30-10-5-3-6-11-30)31-12-7-4-8-13-31/h3-8,10-13,15-20,28,34,40,43H,9,14,21-27,29H2,1-2H3/t34-/m1/s1. The second kappa shape index (κ2) is 17.6. The molecule has 6 rings (SSSR count). The van der Waals surface area contributed by atoms with Crippen molar-refractivity contribution in [2.24, 2.45) is 0 Å². The minimum Gasteiger partial charge on any atom is -0.493 e. The maximum absolute atomic E-state index is 13.4. The van der Waals surface area contributed by atoms with Crippen molar-refractivity contribution in [2.45, 2.75) is 37.8 Å². The van der Waals surface area contributed by atoms with Gasteiger partial charge in [-0.05, 0) is 78.5 Å². The minimum atomic E-state index is -3.55. The van der Waals surface area contributed by atoms with Crippen LogP contribution in [0.5, 0.6) is 5.75 Å². The molecule has 52 heavy (non-hydrogen) atoms. The van der Waals surface area contributed by atoms with E-state index in [9.17, 15) is 13.2 Å². The molecule has 4 aromatic carbocycles. The molecule has 9 nitrogen and oxygen atoms in total. The summed E-state index contributed by atoms with van der Waals surface area (Å²) in [5.74, 6) is 0.243. The quantitative estimate of drug-likeness (QED) is 0.103. The first-order chi connectivity index (χ1) is 25.3. The first-order valence-electron chi connectivity index (χ1n) is 17.7. The van der Waals surface area contributed by atoms with Gasteiger partial charge >= 0.3 is 5.97 Å². The number of rotatable bonds is 17. The summed E-state index contributed by atoms with van der Waals surface area (Å²) < 4.78 is 48.4. The van der Waals surface area contributed by atoms with Gasteiger partial charge in [0.05, 0.1) is 37.7 Å². The number of halogens is 1. The van der Waals surface area contributed by atoms with Crippen molar-refractivity contribution in [1.29, 1.82) is 0 Å². The Morgan fingerprint density at radius 1 is 0.923 bits per heavy atom. The summed E-state index contributed by atoms with van der Waals surface area (Å²) in [5, 5.41) is 1.60. The molecule has 1 fully saturated rings. The third kappa shape index (κ3) is 9.05. The van der Waals surface area contributed by atoms with Gasteiger partial charge in [0, 0.05) is 60.7 Å². The normalized spacial score (nSPS) is 15.0. The lowest BCUT2D eigenvalue weighted by molar-refractivity contribution is 0.0600. The van der Waals surface area contributed by atoms with Gasteiger partial charge in [-0.15, -0.1) is 0 Å². The van der Waals surface area contributed by atoms with Crippen LogP contribution in [0.1, 0.15) is 51.6 Å². The monoisotopic (exact) mass is 743 g/mol. The summed E-state index contributed by atoms with van der Waals surface area (Å²) in [4.78, 5) is 14.1. The molecule has 1 aliphatic rings. The average Bonchev–Trinajstić information content (AvgIpc) is 3.73. The lowest BCUT2D eigenvalue weighted by atomic mass is 9.97. The van der Waals surface area contributed by atoms with Crippen molar-refractivity contribution >= 4 is 38.5 Å². The molecule has 1 aliphatic heterocycles. The van der Waals surface area contributed by atoms with Crippen molar-refractivity contribution in [3.05, 3.63) is 136 Å². The zero-order valence-electron chi connectivity index (χ0n) is 29.7. The van der Waals surface area contributed by atoms with Gasteiger partial charge in [0.2, 0.25) is 10.0 Å². The predicted octanol–water partition coefficient (Wildman–Crippen LogP) is 6.91. The predicted molar refractivity (Wildman–Crippen MR) is 206 cm³/mol. The number of benzene rings is 4. The van der Waals surface area contributed by atoms with Crippen LogP contribution in [0.25, 0.3) is 10.9 Å². The largest absolute Gasteiger partial charge is 0.493 e. The number of sulfonamides is 1. The van der Waals surface area contributed by atoms with Crippen LogP contribution < -0.4 is 9.46 Å². The number of fused-ring (bicyclic) bond motifs is 1. The van der Waals surface area contributed by atoms with Crippen molar-refractivity contribution in [1.82, 2.24) is 14.2 Å². The smallest absolute Gasteiger partial charge is 0.337 e. The molecule has 1 N–H and O–H groups in total. The zero-order chi connectivity index (χ0) is 36.5. The van der Waals surface area contributed by atoms with Crippen molar-refractivity contribution in [3.8, 4) is 5.75 Å². The van der Waals surface area contributed by atoms with E-state index >= 15 is 0 Å². The summed E-state index contributed by atoms with van der Waals surface area (Å²) in [5.41, 5.74) is 5.69. The first-order valence-corrected chi connectivity index (χ1v) is 19.7. The lowest BCUT2D eigenvalue weighted by Gasteiger charge is -2.25. The van der Waals surface area contributed by atoms with Crippen LogP contribution in [0.2, 0.25) is 5.02 Å². The highest BCUT2D eigenvalue weighted by Crippen LogP contribution is 2.38. The minimum absolute atomic E-state index is 0.0257. The number of hydrogen-bond donors (Lipinski definition) is 1. The third-order valence-corrected chi connectivity index (χ3v) is 11.4. The molecule has 1 atom stereocenters. The van der Waals surface area contributed by atoms with Crippen molar-refractivity contribution in [2.75, 3.05) is 52.8 Å². The Morgan fingerprint density at radius 3 is 2.27 bits per heavy atom. The summed E-state index contributed by atoms with van der Waals surface area (Å²) >= 11 is 6.65. The Balaban J connectivity index is 1.33. The zero-order valence-corrected chi connectivity index (χ0v) is 31.2. The molecular formula is C41H46ClN3O6S. The molecule has 0 bridgehead atoms. The second-order valence-electron chi connectivity index (χ2n) is 13.0. The van der Waals surface area contributed by atoms with Crippen molar-refractivity contribution in [3.63, 3.8) is 0 Å². The van der Waals surface area contributed by atoms with Crippen LogP contribution in [0.3, 0.4) is 0 Å². The highest BCUT2D eigenvalue weighted by atomic mass is 35.5. The van der Waals surface area contributed by atoms with Gasteiger partial charge in [-0.2, -0.15) is 0 Å². The molecule has 0 amide bonds. The van der Waals surface area contributed by atoms with Gasteiger partial charge < -0.3 is 18.8 Å². The van der Waals surface area contributed by atoms with Gasteiger partial charge in [-0.3, -0.25) is 4.90 Å². The number of nitrogens with one attached hydrogen (secondary N) is 1. The number of likely N-dealkylation sites (tertiary alicyclic amines) is 1. The number of esters is 1. The third-order valence-electron chi connectivity index (χ3n) is 9.76. The Morgan fingerprint density at radius 2 is 1.62 bits per heavy atom. The van der Waals surface area contributed by atoms with E-state index < -0.39 is 16.0 Å². The van der Waals surface area contributed by atoms with Crippen LogP contribution in [0, 0.1) is 0 Å². The summed E-state index contributed by atoms with van der Waals surface area (Å²) in [6.07, 6.45) is 3.05. The van der Waals surface area contributed by atoms with E-state index in [1.165, 1.54) is 7.11 Å². The summed E-state index contributed by atoms with van der Waals surface area (Å²) in [6, 6.07) is 33.6. The fraction of sp³-hybridized carbons (Fsp3) is 0.341. The first kappa shape index (κ1) is 37.6. The fourth-order valence-electron chi connectivity index (χ4n) is 7.29. The molecular weight excluding hydrogens is 698 g/mol. The Bertz CT molecular complexity index is 2000. The fourth-order valence-corrected chi connectivity index (χ4v) is 8.50. The molecule has 11 heteroatoms. The van der Waals surface area contributed by atoms with E-state index in [-0.39, 0.29) is 24.4 Å². The highest BCUT2D eigenvalue weighted by Gasteiger charge is 2.28.